The van der Waals surface area contributed by atoms with Crippen LogP contribution in [0.4, 0.5) is 4.39 Å². The number of nitrogens with zero attached hydrogens (tertiary/aromatic N) is 2. The molecule has 4 aromatic rings. The zero-order valence-electron chi connectivity index (χ0n) is 19.3. The summed E-state index contributed by atoms with van der Waals surface area (Å²) in [6, 6.07) is 22.4. The van der Waals surface area contributed by atoms with Crippen molar-refractivity contribution < 1.29 is 23.5 Å². The molecule has 0 bridgehead atoms. The zero-order chi connectivity index (χ0) is 24.4. The van der Waals surface area contributed by atoms with Gasteiger partial charge < -0.3 is 14.4 Å². The van der Waals surface area contributed by atoms with Crippen LogP contribution < -0.4 is 0 Å². The van der Waals surface area contributed by atoms with Crippen molar-refractivity contribution in [2.24, 2.45) is 11.1 Å². The summed E-state index contributed by atoms with van der Waals surface area (Å²) < 4.78 is 21.0. The first kappa shape index (κ1) is 22.8. The molecule has 178 valence electrons. The van der Waals surface area contributed by atoms with Crippen molar-refractivity contribution in [3.63, 3.8) is 0 Å². The quantitative estimate of drug-likeness (QED) is 0.269. The molecule has 1 aliphatic heterocycles. The number of benzene rings is 3. The number of rotatable bonds is 8. The lowest BCUT2D eigenvalue weighted by Gasteiger charge is -2.36. The van der Waals surface area contributed by atoms with E-state index in [-0.39, 0.29) is 11.7 Å². The average Bonchev–Trinajstić information content (AvgIpc) is 3.25. The fraction of sp³-hybridized carbons (Fsp3) is 0.214. The second kappa shape index (κ2) is 9.72. The normalized spacial score (nSPS) is 14.7. The Hall–Kier alpha value is -3.97. The standard InChI is InChI=1S/C28H25FN2O4/c1-2-34-30-27(19-6-4-3-5-7-19)20-9-11-25-21(13-20)14-26(35-25)23-10-8-18(12-24(23)29)15-31-16-22(17-31)28(32)33/h3-14,22H,2,15-17H2,1H3,(H,32,33)/b30-27+. The van der Waals surface area contributed by atoms with Crippen molar-refractivity contribution in [1.29, 1.82) is 0 Å². The van der Waals surface area contributed by atoms with E-state index in [4.69, 9.17) is 14.4 Å². The summed E-state index contributed by atoms with van der Waals surface area (Å²) >= 11 is 0. The van der Waals surface area contributed by atoms with Crippen molar-refractivity contribution in [1.82, 2.24) is 4.90 Å². The van der Waals surface area contributed by atoms with E-state index < -0.39 is 5.97 Å². The largest absolute Gasteiger partial charge is 0.481 e. The van der Waals surface area contributed by atoms with Crippen LogP contribution in [-0.4, -0.2) is 41.4 Å². The minimum Gasteiger partial charge on any atom is -0.481 e. The van der Waals surface area contributed by atoms with Gasteiger partial charge in [-0.25, -0.2) is 4.39 Å². The molecule has 2 heterocycles. The summed E-state index contributed by atoms with van der Waals surface area (Å²) in [7, 11) is 0. The highest BCUT2D eigenvalue weighted by molar-refractivity contribution is 6.13. The predicted molar refractivity (Wildman–Crippen MR) is 132 cm³/mol. The molecule has 0 radical (unpaired) electrons. The summed E-state index contributed by atoms with van der Waals surface area (Å²) in [5.41, 5.74) is 4.34. The molecule has 6 nitrogen and oxygen atoms in total. The number of hydrogen-bond donors (Lipinski definition) is 1. The molecule has 1 saturated heterocycles. The first-order valence-electron chi connectivity index (χ1n) is 11.5. The number of furan rings is 1. The molecule has 0 aliphatic carbocycles. The van der Waals surface area contributed by atoms with Crippen LogP contribution in [0.1, 0.15) is 23.6 Å². The van der Waals surface area contributed by atoms with Gasteiger partial charge in [-0.05, 0) is 48.9 Å². The summed E-state index contributed by atoms with van der Waals surface area (Å²) in [6.07, 6.45) is 0. The molecular formula is C28H25FN2O4. The van der Waals surface area contributed by atoms with Crippen LogP contribution in [0, 0.1) is 11.7 Å². The van der Waals surface area contributed by atoms with Gasteiger partial charge in [-0.3, -0.25) is 9.69 Å². The van der Waals surface area contributed by atoms with Crippen LogP contribution in [0.25, 0.3) is 22.3 Å². The molecule has 0 saturated carbocycles. The molecule has 1 N–H and O–H groups in total. The first-order chi connectivity index (χ1) is 17.0. The summed E-state index contributed by atoms with van der Waals surface area (Å²) in [4.78, 5) is 18.3. The number of oxime groups is 1. The Labute approximate surface area is 202 Å². The monoisotopic (exact) mass is 472 g/mol. The van der Waals surface area contributed by atoms with Gasteiger partial charge in [0, 0.05) is 36.1 Å². The number of halogens is 1. The minimum atomic E-state index is -0.782. The van der Waals surface area contributed by atoms with Crippen molar-refractivity contribution in [3.8, 4) is 11.3 Å². The SMILES string of the molecule is CCO/N=C(\c1ccccc1)c1ccc2oc(-c3ccc(CN4CC(C(=O)O)C4)cc3F)cc2c1. The van der Waals surface area contributed by atoms with E-state index >= 15 is 4.39 Å². The first-order valence-corrected chi connectivity index (χ1v) is 11.5. The van der Waals surface area contributed by atoms with Crippen LogP contribution in [0.15, 0.2) is 82.4 Å². The van der Waals surface area contributed by atoms with Crippen molar-refractivity contribution in [2.75, 3.05) is 19.7 Å². The second-order valence-electron chi connectivity index (χ2n) is 8.63. The van der Waals surface area contributed by atoms with Crippen LogP contribution in [0.2, 0.25) is 0 Å². The lowest BCUT2D eigenvalue weighted by Crippen LogP contribution is -2.49. The van der Waals surface area contributed by atoms with Gasteiger partial charge in [-0.1, -0.05) is 41.6 Å². The van der Waals surface area contributed by atoms with E-state index in [1.54, 1.807) is 6.07 Å². The van der Waals surface area contributed by atoms with Gasteiger partial charge in [-0.15, -0.1) is 0 Å². The third-order valence-electron chi connectivity index (χ3n) is 6.13. The number of carboxylic acids is 1. The topological polar surface area (TPSA) is 75.3 Å². The van der Waals surface area contributed by atoms with Gasteiger partial charge in [0.05, 0.1) is 11.5 Å². The van der Waals surface area contributed by atoms with Gasteiger partial charge in [0.25, 0.3) is 0 Å². The van der Waals surface area contributed by atoms with E-state index in [0.717, 1.165) is 22.1 Å². The number of carboxylic acid groups (broad SMARTS) is 1. The third kappa shape index (κ3) is 4.81. The van der Waals surface area contributed by atoms with Crippen LogP contribution >= 0.6 is 0 Å². The van der Waals surface area contributed by atoms with E-state index in [2.05, 4.69) is 5.16 Å². The average molecular weight is 473 g/mol. The molecule has 7 heteroatoms. The predicted octanol–water partition coefficient (Wildman–Crippen LogP) is 5.54. The Bertz CT molecular complexity index is 1390. The van der Waals surface area contributed by atoms with Crippen LogP contribution in [-0.2, 0) is 16.2 Å². The highest BCUT2D eigenvalue weighted by atomic mass is 19.1. The Morgan fingerprint density at radius 2 is 1.89 bits per heavy atom. The number of likely N-dealkylation sites (tertiary alicyclic amines) is 1. The third-order valence-corrected chi connectivity index (χ3v) is 6.13. The van der Waals surface area contributed by atoms with E-state index in [9.17, 15) is 4.79 Å². The molecule has 0 amide bonds. The molecule has 0 unspecified atom stereocenters. The van der Waals surface area contributed by atoms with Gasteiger partial charge in [0.15, 0.2) is 0 Å². The van der Waals surface area contributed by atoms with Gasteiger partial charge in [0.1, 0.15) is 29.5 Å². The molecule has 3 aromatic carbocycles. The Morgan fingerprint density at radius 1 is 1.09 bits per heavy atom. The molecular weight excluding hydrogens is 447 g/mol. The van der Waals surface area contributed by atoms with E-state index in [1.807, 2.05) is 72.5 Å². The van der Waals surface area contributed by atoms with Crippen molar-refractivity contribution >= 4 is 22.7 Å². The smallest absolute Gasteiger partial charge is 0.309 e. The molecule has 35 heavy (non-hydrogen) atoms. The summed E-state index contributed by atoms with van der Waals surface area (Å²) in [6.45, 7) is 3.84. The Kier molecular flexibility index (Phi) is 6.33. The number of aliphatic carboxylic acids is 1. The van der Waals surface area contributed by atoms with E-state index in [0.29, 0.717) is 48.9 Å². The lowest BCUT2D eigenvalue weighted by molar-refractivity contribution is -0.147. The van der Waals surface area contributed by atoms with Gasteiger partial charge in [-0.2, -0.15) is 0 Å². The zero-order valence-corrected chi connectivity index (χ0v) is 19.3. The molecule has 1 aromatic heterocycles. The fourth-order valence-electron chi connectivity index (χ4n) is 4.29. The van der Waals surface area contributed by atoms with Crippen LogP contribution in [0.5, 0.6) is 0 Å². The van der Waals surface area contributed by atoms with Crippen molar-refractivity contribution in [2.45, 2.75) is 13.5 Å². The fourth-order valence-corrected chi connectivity index (χ4v) is 4.29. The maximum Gasteiger partial charge on any atom is 0.309 e. The Balaban J connectivity index is 1.39. The second-order valence-corrected chi connectivity index (χ2v) is 8.63. The van der Waals surface area contributed by atoms with Gasteiger partial charge in [0.2, 0.25) is 0 Å². The minimum absolute atomic E-state index is 0.333. The highest BCUT2D eigenvalue weighted by Gasteiger charge is 2.32. The lowest BCUT2D eigenvalue weighted by atomic mass is 9.99. The summed E-state index contributed by atoms with van der Waals surface area (Å²) in [5.74, 6) is -1.05. The molecule has 1 fully saturated rings. The van der Waals surface area contributed by atoms with Gasteiger partial charge >= 0.3 is 5.97 Å². The molecule has 0 spiro atoms. The van der Waals surface area contributed by atoms with Crippen molar-refractivity contribution in [3.05, 3.63) is 95.3 Å². The number of hydrogen-bond acceptors (Lipinski definition) is 5. The molecule has 0 atom stereocenters. The number of fused-ring (bicyclic) bond motifs is 1. The maximum atomic E-state index is 15.0. The van der Waals surface area contributed by atoms with E-state index in [1.165, 1.54) is 6.07 Å². The molecule has 1 aliphatic rings. The molecule has 5 rings (SSSR count). The summed E-state index contributed by atoms with van der Waals surface area (Å²) in [5, 5.41) is 14.2. The highest BCUT2D eigenvalue weighted by Crippen LogP contribution is 2.32. The van der Waals surface area contributed by atoms with Crippen LogP contribution in [0.3, 0.4) is 0 Å². The maximum absolute atomic E-state index is 15.0. The number of carbonyl (C=O) groups is 1. The Morgan fingerprint density at radius 3 is 2.60 bits per heavy atom.